The predicted molar refractivity (Wildman–Crippen MR) is 128 cm³/mol. The summed E-state index contributed by atoms with van der Waals surface area (Å²) in [5.74, 6) is -1.67. The first-order valence-corrected chi connectivity index (χ1v) is 13.7. The Morgan fingerprint density at radius 3 is 1.00 bits per heavy atom. The predicted octanol–water partition coefficient (Wildman–Crippen LogP) is 4.11. The fourth-order valence-corrected chi connectivity index (χ4v) is 4.33. The van der Waals surface area contributed by atoms with Crippen molar-refractivity contribution < 1.29 is 60.6 Å². The molecule has 0 bridgehead atoms. The molecule has 0 aliphatic carbocycles. The Morgan fingerprint density at radius 2 is 0.867 bits per heavy atom. The summed E-state index contributed by atoms with van der Waals surface area (Å²) in [4.78, 5) is 18.0. The summed E-state index contributed by atoms with van der Waals surface area (Å²) in [7, 11) is -0.610. The Hall–Kier alpha value is -0.695. The van der Waals surface area contributed by atoms with Gasteiger partial charge in [0.1, 0.15) is 0 Å². The van der Waals surface area contributed by atoms with Crippen molar-refractivity contribution in [1.29, 1.82) is 0 Å². The summed E-state index contributed by atoms with van der Waals surface area (Å²) in [6, 6.07) is 16.8. The molecule has 0 amide bonds. The molecule has 0 aliphatic rings. The minimum atomic E-state index is -0.833. The van der Waals surface area contributed by atoms with Gasteiger partial charge in [0.15, 0.2) is 0 Å². The third-order valence-electron chi connectivity index (χ3n) is 3.11. The maximum Gasteiger partial charge on any atom is 0.300 e. The van der Waals surface area contributed by atoms with Crippen molar-refractivity contribution in [1.82, 2.24) is 0 Å². The molecule has 2 aromatic rings. The van der Waals surface area contributed by atoms with Crippen molar-refractivity contribution in [2.75, 3.05) is 26.7 Å². The normalized spacial score (nSPS) is 8.53. The summed E-state index contributed by atoms with van der Waals surface area (Å²) < 4.78 is 0. The average Bonchev–Trinajstić information content (AvgIpc) is 2.54. The van der Waals surface area contributed by atoms with Crippen molar-refractivity contribution in [2.24, 2.45) is 0 Å². The summed E-state index contributed by atoms with van der Waals surface area (Å²) in [5.41, 5.74) is 2.39. The van der Waals surface area contributed by atoms with Gasteiger partial charge in [0, 0.05) is 81.4 Å². The first-order chi connectivity index (χ1) is 12.9. The van der Waals surface area contributed by atoms with E-state index in [4.69, 9.17) is 19.8 Å². The van der Waals surface area contributed by atoms with Gasteiger partial charge in [0.2, 0.25) is 0 Å². The van der Waals surface area contributed by atoms with E-state index in [1.165, 1.54) is 21.7 Å². The molecule has 0 aliphatic heterocycles. The van der Waals surface area contributed by atoms with Crippen LogP contribution in [0.4, 0.5) is 0 Å². The van der Waals surface area contributed by atoms with Crippen LogP contribution in [0.1, 0.15) is 25.0 Å². The summed E-state index contributed by atoms with van der Waals surface area (Å²) in [6.45, 7) is 19.2. The molecule has 2 rings (SSSR count). The molecule has 0 heterocycles. The van der Waals surface area contributed by atoms with E-state index in [1.54, 1.807) is 0 Å². The van der Waals surface area contributed by atoms with Crippen molar-refractivity contribution in [2.45, 2.75) is 13.8 Å². The zero-order valence-electron chi connectivity index (χ0n) is 18.4. The zero-order chi connectivity index (χ0) is 22.3. The largest absolute Gasteiger partial charge is 0.481 e. The molecule has 0 spiro atoms. The van der Waals surface area contributed by atoms with Crippen molar-refractivity contribution in [3.05, 3.63) is 73.5 Å². The SMILES string of the molecule is CC(=O)O.CC(=O)O.[CH2-]c1ccccc1[PH+](C)C.[CH2-]c1ccccc1[PH+](C)C.[Pd].[Pd]. The van der Waals surface area contributed by atoms with Gasteiger partial charge in [-0.1, -0.05) is 24.3 Å². The molecule has 0 fully saturated rings. The van der Waals surface area contributed by atoms with Crippen LogP contribution in [0.3, 0.4) is 0 Å². The second-order valence-corrected chi connectivity index (χ2v) is 11.4. The van der Waals surface area contributed by atoms with Crippen LogP contribution in [0, 0.1) is 13.8 Å². The number of benzene rings is 2. The maximum atomic E-state index is 9.00. The van der Waals surface area contributed by atoms with Crippen LogP contribution in [0.2, 0.25) is 0 Å². The molecule has 2 N–H and O–H groups in total. The van der Waals surface area contributed by atoms with Crippen LogP contribution in [0.5, 0.6) is 0 Å². The number of carboxylic acid groups (broad SMARTS) is 2. The van der Waals surface area contributed by atoms with E-state index in [2.05, 4.69) is 76.9 Å². The molecule has 0 saturated carbocycles. The maximum absolute atomic E-state index is 9.00. The number of hydrogen-bond acceptors (Lipinski definition) is 2. The number of hydrogen-bond donors (Lipinski definition) is 2. The Kier molecular flexibility index (Phi) is 26.3. The number of aliphatic carboxylic acids is 2. The molecule has 8 heteroatoms. The third kappa shape index (κ3) is 22.0. The first-order valence-electron chi connectivity index (χ1n) is 8.72. The van der Waals surface area contributed by atoms with Gasteiger partial charge in [-0.3, -0.25) is 9.59 Å². The van der Waals surface area contributed by atoms with Gasteiger partial charge in [-0.2, -0.15) is 37.1 Å². The quantitative estimate of drug-likeness (QED) is 0.296. The van der Waals surface area contributed by atoms with E-state index >= 15 is 0 Å². The van der Waals surface area contributed by atoms with Gasteiger partial charge >= 0.3 is 0 Å². The summed E-state index contributed by atoms with van der Waals surface area (Å²) >= 11 is 0. The summed E-state index contributed by atoms with van der Waals surface area (Å²) in [5, 5.41) is 17.7. The second kappa shape index (κ2) is 21.5. The van der Waals surface area contributed by atoms with Gasteiger partial charge < -0.3 is 10.2 Å². The summed E-state index contributed by atoms with van der Waals surface area (Å²) in [6.07, 6.45) is 0. The van der Waals surface area contributed by atoms with Gasteiger partial charge in [0.25, 0.3) is 11.9 Å². The van der Waals surface area contributed by atoms with E-state index in [0.717, 1.165) is 13.8 Å². The standard InChI is InChI=1S/2C9H12P.2C2H4O2.2Pd/c2*1-8-6-4-5-7-9(8)10(2)3;2*1-2(3)4;;/h2*4-7H,1H2,2-3H3;2*1H3,(H,3,4);;/q2*-1;;;;/p+2. The first kappa shape index (κ1) is 36.7. The molecule has 0 atom stereocenters. The van der Waals surface area contributed by atoms with Gasteiger partial charge in [-0.15, -0.1) is 12.1 Å². The number of carbonyl (C=O) groups is 2. The molecule has 0 radical (unpaired) electrons. The third-order valence-corrected chi connectivity index (χ3v) is 6.24. The monoisotopic (exact) mass is 636 g/mol. The Morgan fingerprint density at radius 1 is 0.667 bits per heavy atom. The Balaban J connectivity index is -0.000000160. The van der Waals surface area contributed by atoms with Gasteiger partial charge in [-0.05, 0) is 26.5 Å². The minimum absolute atomic E-state index is 0. The minimum Gasteiger partial charge on any atom is -0.481 e. The van der Waals surface area contributed by atoms with Crippen LogP contribution in [-0.4, -0.2) is 48.8 Å². The fraction of sp³-hybridized carbons (Fsp3) is 0.273. The van der Waals surface area contributed by atoms with E-state index in [9.17, 15) is 0 Å². The van der Waals surface area contributed by atoms with Crippen LogP contribution >= 0.6 is 15.8 Å². The molecule has 0 aromatic heterocycles. The number of carboxylic acids is 2. The molecule has 0 saturated heterocycles. The van der Waals surface area contributed by atoms with E-state index in [0.29, 0.717) is 0 Å². The molecular weight excluding hydrogens is 603 g/mol. The van der Waals surface area contributed by atoms with Crippen molar-refractivity contribution in [3.63, 3.8) is 0 Å². The zero-order valence-corrected chi connectivity index (χ0v) is 23.5. The molecule has 176 valence electrons. The molecule has 0 unspecified atom stereocenters. The molecular formula is C22H34O4P2Pd2. The van der Waals surface area contributed by atoms with Crippen LogP contribution in [-0.2, 0) is 50.4 Å². The van der Waals surface area contributed by atoms with Gasteiger partial charge in [-0.25, -0.2) is 0 Å². The number of rotatable bonds is 2. The van der Waals surface area contributed by atoms with Crippen LogP contribution in [0.25, 0.3) is 0 Å². The molecule has 30 heavy (non-hydrogen) atoms. The van der Waals surface area contributed by atoms with E-state index in [1.807, 2.05) is 12.1 Å². The molecule has 4 nitrogen and oxygen atoms in total. The average molecular weight is 637 g/mol. The van der Waals surface area contributed by atoms with Crippen molar-refractivity contribution in [3.8, 4) is 0 Å². The smallest absolute Gasteiger partial charge is 0.300 e. The molecule has 2 aromatic carbocycles. The Bertz CT molecular complexity index is 654. The second-order valence-electron chi connectivity index (χ2n) is 6.35. The van der Waals surface area contributed by atoms with Crippen molar-refractivity contribution >= 4 is 38.4 Å². The van der Waals surface area contributed by atoms with Gasteiger partial charge in [0.05, 0.1) is 0 Å². The Labute approximate surface area is 212 Å². The fourth-order valence-electron chi connectivity index (χ4n) is 2.02. The van der Waals surface area contributed by atoms with E-state index in [-0.39, 0.29) is 56.7 Å². The van der Waals surface area contributed by atoms with Crippen LogP contribution in [0.15, 0.2) is 48.5 Å². The topological polar surface area (TPSA) is 74.6 Å². The van der Waals surface area contributed by atoms with E-state index < -0.39 is 11.9 Å². The van der Waals surface area contributed by atoms with Crippen LogP contribution < -0.4 is 10.6 Å².